The first kappa shape index (κ1) is 21.4. The smallest absolute Gasteiger partial charge is 0.331 e. The van der Waals surface area contributed by atoms with Crippen LogP contribution in [0.1, 0.15) is 11.1 Å². The van der Waals surface area contributed by atoms with Gasteiger partial charge in [0.25, 0.3) is 11.6 Å². The van der Waals surface area contributed by atoms with Crippen molar-refractivity contribution in [2.24, 2.45) is 0 Å². The number of esters is 1. The van der Waals surface area contributed by atoms with Crippen LogP contribution < -0.4 is 5.32 Å². The molecule has 146 valence electrons. The molecule has 0 aromatic heterocycles. The molecule has 0 heterocycles. The molecule has 0 saturated carbocycles. The van der Waals surface area contributed by atoms with E-state index in [1.54, 1.807) is 18.2 Å². The van der Waals surface area contributed by atoms with E-state index in [9.17, 15) is 19.7 Å². The molecule has 0 bridgehead atoms. The molecule has 2 aromatic rings. The molecule has 7 nitrogen and oxygen atoms in total. The Hall–Kier alpha value is -2.90. The second kappa shape index (κ2) is 10.4. The third-order valence-electron chi connectivity index (χ3n) is 3.59. The molecule has 0 spiro atoms. The van der Waals surface area contributed by atoms with Crippen LogP contribution in [0, 0.1) is 10.1 Å². The van der Waals surface area contributed by atoms with E-state index in [4.69, 9.17) is 27.9 Å². The van der Waals surface area contributed by atoms with E-state index in [0.29, 0.717) is 28.6 Å². The maximum atomic E-state index is 11.7. The zero-order valence-corrected chi connectivity index (χ0v) is 16.1. The summed E-state index contributed by atoms with van der Waals surface area (Å²) >= 11 is 11.9. The van der Waals surface area contributed by atoms with Gasteiger partial charge in [0.2, 0.25) is 0 Å². The van der Waals surface area contributed by atoms with Gasteiger partial charge in [-0.2, -0.15) is 0 Å². The fourth-order valence-electron chi connectivity index (χ4n) is 2.17. The molecule has 0 atom stereocenters. The Bertz CT molecular complexity index is 898. The van der Waals surface area contributed by atoms with E-state index in [-0.39, 0.29) is 5.69 Å². The van der Waals surface area contributed by atoms with Gasteiger partial charge in [-0.3, -0.25) is 14.9 Å². The van der Waals surface area contributed by atoms with E-state index in [2.05, 4.69) is 5.32 Å². The molecule has 0 aliphatic carbocycles. The highest BCUT2D eigenvalue weighted by molar-refractivity contribution is 6.35. The van der Waals surface area contributed by atoms with Gasteiger partial charge in [0.1, 0.15) is 0 Å². The van der Waals surface area contributed by atoms with Gasteiger partial charge in [0.15, 0.2) is 6.61 Å². The number of nitrogens with zero attached hydrogens (tertiary/aromatic N) is 1. The van der Waals surface area contributed by atoms with E-state index in [1.165, 1.54) is 30.3 Å². The number of non-ortho nitro benzene ring substituents is 1. The van der Waals surface area contributed by atoms with Crippen molar-refractivity contribution in [1.82, 2.24) is 5.32 Å². The summed E-state index contributed by atoms with van der Waals surface area (Å²) in [5.41, 5.74) is 1.39. The largest absolute Gasteiger partial charge is 0.452 e. The summed E-state index contributed by atoms with van der Waals surface area (Å²) in [6.45, 7) is -0.0891. The first-order valence-corrected chi connectivity index (χ1v) is 8.90. The minimum absolute atomic E-state index is 0.0451. The van der Waals surface area contributed by atoms with Gasteiger partial charge in [-0.05, 0) is 47.9 Å². The maximum Gasteiger partial charge on any atom is 0.331 e. The Labute approximate surface area is 171 Å². The summed E-state index contributed by atoms with van der Waals surface area (Å²) in [5, 5.41) is 14.3. The number of benzene rings is 2. The van der Waals surface area contributed by atoms with E-state index in [1.807, 2.05) is 0 Å². The molecule has 0 fully saturated rings. The molecule has 0 radical (unpaired) electrons. The predicted molar refractivity (Wildman–Crippen MR) is 106 cm³/mol. The minimum atomic E-state index is -0.700. The lowest BCUT2D eigenvalue weighted by Gasteiger charge is -2.07. The number of nitro benzene ring substituents is 1. The molecule has 9 heteroatoms. The monoisotopic (exact) mass is 422 g/mol. The quantitative estimate of drug-likeness (QED) is 0.301. The van der Waals surface area contributed by atoms with Crippen LogP contribution in [0.4, 0.5) is 5.69 Å². The number of hydrogen-bond donors (Lipinski definition) is 1. The van der Waals surface area contributed by atoms with Crippen LogP contribution in [0.3, 0.4) is 0 Å². The van der Waals surface area contributed by atoms with Crippen LogP contribution in [-0.2, 0) is 20.7 Å². The minimum Gasteiger partial charge on any atom is -0.452 e. The number of halogens is 2. The van der Waals surface area contributed by atoms with Crippen LogP contribution >= 0.6 is 23.2 Å². The first-order valence-electron chi connectivity index (χ1n) is 8.15. The number of amides is 1. The molecule has 0 aliphatic heterocycles. The fourth-order valence-corrected chi connectivity index (χ4v) is 2.67. The van der Waals surface area contributed by atoms with Gasteiger partial charge in [0.05, 0.1) is 4.92 Å². The average Bonchev–Trinajstić information content (AvgIpc) is 2.66. The zero-order valence-electron chi connectivity index (χ0n) is 14.6. The second-order valence-electron chi connectivity index (χ2n) is 5.63. The molecular formula is C19H16Cl2N2O5. The summed E-state index contributed by atoms with van der Waals surface area (Å²) in [7, 11) is 0. The second-order valence-corrected chi connectivity index (χ2v) is 6.47. The number of nitrogens with one attached hydrogen (secondary N) is 1. The number of carbonyl (C=O) groups excluding carboxylic acids is 2. The third-order valence-corrected chi connectivity index (χ3v) is 4.18. The van der Waals surface area contributed by atoms with Crippen molar-refractivity contribution in [3.8, 4) is 0 Å². The highest BCUT2D eigenvalue weighted by atomic mass is 35.5. The van der Waals surface area contributed by atoms with Gasteiger partial charge >= 0.3 is 5.97 Å². The van der Waals surface area contributed by atoms with Crippen molar-refractivity contribution < 1.29 is 19.2 Å². The van der Waals surface area contributed by atoms with Crippen LogP contribution in [0.15, 0.2) is 48.5 Å². The highest BCUT2D eigenvalue weighted by Gasteiger charge is 2.07. The van der Waals surface area contributed by atoms with Crippen LogP contribution in [-0.4, -0.2) is 30.0 Å². The number of rotatable bonds is 8. The Morgan fingerprint density at radius 2 is 1.86 bits per heavy atom. The average molecular weight is 423 g/mol. The summed E-state index contributed by atoms with van der Waals surface area (Å²) in [6, 6.07) is 10.8. The molecule has 0 aliphatic rings. The molecular weight excluding hydrogens is 407 g/mol. The summed E-state index contributed by atoms with van der Waals surface area (Å²) in [6.07, 6.45) is 3.09. The molecule has 2 rings (SSSR count). The normalized spacial score (nSPS) is 10.6. The van der Waals surface area contributed by atoms with E-state index < -0.39 is 23.4 Å². The molecule has 1 N–H and O–H groups in total. The number of nitro groups is 1. The summed E-state index contributed by atoms with van der Waals surface area (Å²) < 4.78 is 4.84. The number of hydrogen-bond acceptors (Lipinski definition) is 5. The van der Waals surface area contributed by atoms with E-state index in [0.717, 1.165) is 11.6 Å². The summed E-state index contributed by atoms with van der Waals surface area (Å²) in [5.74, 6) is -1.14. The standard InChI is InChI=1S/C19H16Cl2N2O5/c20-15-5-4-14(17(21)11-15)9-10-22-18(24)12-28-19(25)8-3-13-1-6-16(7-2-13)23(26)27/h1-8,11H,9-10,12H2,(H,22,24). The molecule has 2 aromatic carbocycles. The first-order chi connectivity index (χ1) is 13.3. The van der Waals surface area contributed by atoms with Crippen LogP contribution in [0.2, 0.25) is 10.0 Å². The van der Waals surface area contributed by atoms with Crippen molar-refractivity contribution in [2.45, 2.75) is 6.42 Å². The summed E-state index contributed by atoms with van der Waals surface area (Å²) in [4.78, 5) is 33.4. The van der Waals surface area contributed by atoms with Gasteiger partial charge in [0, 0.05) is 34.8 Å². The van der Waals surface area contributed by atoms with Gasteiger partial charge in [-0.1, -0.05) is 29.3 Å². The topological polar surface area (TPSA) is 98.5 Å². The lowest BCUT2D eigenvalue weighted by molar-refractivity contribution is -0.384. The SMILES string of the molecule is O=C(COC(=O)C=Cc1ccc([N+](=O)[O-])cc1)NCCc1ccc(Cl)cc1Cl. The van der Waals surface area contributed by atoms with Gasteiger partial charge < -0.3 is 10.1 Å². The zero-order chi connectivity index (χ0) is 20.5. The van der Waals surface area contributed by atoms with Crippen LogP contribution in [0.5, 0.6) is 0 Å². The van der Waals surface area contributed by atoms with Crippen LogP contribution in [0.25, 0.3) is 6.08 Å². The molecule has 28 heavy (non-hydrogen) atoms. The van der Waals surface area contributed by atoms with Crippen molar-refractivity contribution in [1.29, 1.82) is 0 Å². The number of carbonyl (C=O) groups is 2. The van der Waals surface area contributed by atoms with Gasteiger partial charge in [-0.25, -0.2) is 4.79 Å². The van der Waals surface area contributed by atoms with Crippen molar-refractivity contribution in [3.63, 3.8) is 0 Å². The molecule has 0 saturated heterocycles. The van der Waals surface area contributed by atoms with E-state index >= 15 is 0 Å². The lowest BCUT2D eigenvalue weighted by Crippen LogP contribution is -2.30. The maximum absolute atomic E-state index is 11.7. The van der Waals surface area contributed by atoms with Crippen molar-refractivity contribution >= 4 is 46.8 Å². The Morgan fingerprint density at radius 3 is 2.50 bits per heavy atom. The van der Waals surface area contributed by atoms with Crippen molar-refractivity contribution in [2.75, 3.05) is 13.2 Å². The van der Waals surface area contributed by atoms with Crippen molar-refractivity contribution in [3.05, 3.63) is 79.8 Å². The fraction of sp³-hybridized carbons (Fsp3) is 0.158. The Kier molecular flexibility index (Phi) is 7.98. The Morgan fingerprint density at radius 1 is 1.14 bits per heavy atom. The van der Waals surface area contributed by atoms with Gasteiger partial charge in [-0.15, -0.1) is 0 Å². The third kappa shape index (κ3) is 7.02. The Balaban J connectivity index is 1.71. The predicted octanol–water partition coefficient (Wildman–Crippen LogP) is 3.82. The highest BCUT2D eigenvalue weighted by Crippen LogP contribution is 2.21. The molecule has 1 amide bonds. The lowest BCUT2D eigenvalue weighted by atomic mass is 10.1. The molecule has 0 unspecified atom stereocenters. The number of ether oxygens (including phenoxy) is 1.